The Morgan fingerprint density at radius 1 is 1.38 bits per heavy atom. The summed E-state index contributed by atoms with van der Waals surface area (Å²) in [4.78, 5) is 9.73. The van der Waals surface area contributed by atoms with Gasteiger partial charge in [-0.3, -0.25) is 10.1 Å². The van der Waals surface area contributed by atoms with Crippen LogP contribution in [0.2, 0.25) is 0 Å². The third-order valence-corrected chi connectivity index (χ3v) is 1.97. The van der Waals surface area contributed by atoms with E-state index in [4.69, 9.17) is 0 Å². The molecule has 0 aliphatic carbocycles. The lowest BCUT2D eigenvalue weighted by molar-refractivity contribution is -0.936. The highest BCUT2D eigenvalue weighted by Crippen LogP contribution is 2.13. The molecule has 0 aliphatic rings. The predicted octanol–water partition coefficient (Wildman–Crippen LogP) is 0.941. The molecule has 0 bridgehead atoms. The Morgan fingerprint density at radius 3 is 2.31 bits per heavy atom. The van der Waals surface area contributed by atoms with Gasteiger partial charge in [0.05, 0.1) is 26.4 Å². The molecule has 0 amide bonds. The highest BCUT2D eigenvalue weighted by molar-refractivity contribution is 9.18. The van der Waals surface area contributed by atoms with Crippen molar-refractivity contribution in [2.75, 3.05) is 0 Å². The average Bonchev–Trinajstić information content (AvgIpc) is 2.17. The number of halogens is 1. The smallest absolute Gasteiger partial charge is 0.424 e. The molecule has 0 saturated carbocycles. The van der Waals surface area contributed by atoms with Crippen LogP contribution in [0.15, 0.2) is 24.3 Å². The van der Waals surface area contributed by atoms with Crippen LogP contribution in [0, 0.1) is 10.1 Å². The second-order valence-corrected chi connectivity index (χ2v) is 2.88. The van der Waals surface area contributed by atoms with E-state index in [9.17, 15) is 15.4 Å². The minimum absolute atomic E-state index is 0.00222. The van der Waals surface area contributed by atoms with E-state index in [1.54, 1.807) is 0 Å². The zero-order chi connectivity index (χ0) is 9.84. The quantitative estimate of drug-likeness (QED) is 0.256. The summed E-state index contributed by atoms with van der Waals surface area (Å²) in [6, 6.07) is 5.41. The van der Waals surface area contributed by atoms with Crippen LogP contribution < -0.4 is 5.26 Å². The van der Waals surface area contributed by atoms with E-state index in [1.807, 2.05) is 0 Å². The van der Waals surface area contributed by atoms with E-state index in [0.29, 0.717) is 5.56 Å². The van der Waals surface area contributed by atoms with E-state index in [2.05, 4.69) is 20.5 Å². The summed E-state index contributed by atoms with van der Waals surface area (Å²) in [7, 11) is 0. The summed E-state index contributed by atoms with van der Waals surface area (Å²) in [6.45, 7) is 0. The number of nitro benzene ring substituents is 1. The first kappa shape index (κ1) is 9.66. The van der Waals surface area contributed by atoms with Gasteiger partial charge in [-0.05, 0) is 12.1 Å². The average molecular weight is 246 g/mol. The van der Waals surface area contributed by atoms with Crippen LogP contribution in [0.1, 0.15) is 10.1 Å². The number of hydrogen-bond acceptors (Lipinski definition) is 3. The van der Waals surface area contributed by atoms with Gasteiger partial charge in [0.1, 0.15) is 0 Å². The van der Waals surface area contributed by atoms with Gasteiger partial charge >= 0.3 is 4.69 Å². The molecular weight excluding hydrogens is 242 g/mol. The number of benzene rings is 1. The highest BCUT2D eigenvalue weighted by atomic mass is 79.9. The first-order chi connectivity index (χ1) is 6.15. The Labute approximate surface area is 81.5 Å². The van der Waals surface area contributed by atoms with Crippen molar-refractivity contribution in [1.29, 1.82) is 0 Å². The maximum absolute atomic E-state index is 10.2. The number of carbonyl (C=O) groups excluding carboxylic acids is 1. The minimum atomic E-state index is -0.518. The molecule has 0 spiro atoms. The Kier molecular flexibility index (Phi) is 2.97. The van der Waals surface area contributed by atoms with Gasteiger partial charge in [-0.25, -0.2) is 0 Å². The van der Waals surface area contributed by atoms with Gasteiger partial charge in [-0.2, -0.15) is 4.58 Å². The van der Waals surface area contributed by atoms with E-state index in [-0.39, 0.29) is 10.4 Å². The van der Waals surface area contributed by atoms with Crippen molar-refractivity contribution in [3.63, 3.8) is 0 Å². The molecule has 0 heterocycles. The van der Waals surface area contributed by atoms with Crippen molar-refractivity contribution in [3.8, 4) is 0 Å². The number of hydrogen-bond donors (Lipinski definition) is 0. The summed E-state index contributed by atoms with van der Waals surface area (Å²) in [6.07, 6.45) is 0. The molecule has 0 radical (unpaired) electrons. The lowest BCUT2D eigenvalue weighted by Gasteiger charge is -1.90. The van der Waals surface area contributed by atoms with Crippen molar-refractivity contribution >= 4 is 26.3 Å². The standard InChI is InChI=1S/C7H4BrNO4/c8-7(13-12)5-1-3-6(4-2-5)9(10)11/h1-4H. The number of nitrogens with zero attached hydrogens (tertiary/aromatic N) is 1. The largest absolute Gasteiger partial charge is 0.461 e. The molecule has 0 unspecified atom stereocenters. The van der Waals surface area contributed by atoms with Crippen molar-refractivity contribution < 1.29 is 14.8 Å². The van der Waals surface area contributed by atoms with Gasteiger partial charge in [0.2, 0.25) is 0 Å². The summed E-state index contributed by atoms with van der Waals surface area (Å²) in [5.74, 6) is 0. The molecule has 0 atom stereocenters. The third-order valence-electron chi connectivity index (χ3n) is 1.38. The van der Waals surface area contributed by atoms with Crippen LogP contribution in [0.25, 0.3) is 0 Å². The van der Waals surface area contributed by atoms with Crippen LogP contribution in [0.4, 0.5) is 5.69 Å². The van der Waals surface area contributed by atoms with Gasteiger partial charge in [0, 0.05) is 12.1 Å². The van der Waals surface area contributed by atoms with E-state index >= 15 is 0 Å². The van der Waals surface area contributed by atoms with Crippen LogP contribution in [0.5, 0.6) is 0 Å². The van der Waals surface area contributed by atoms with Crippen LogP contribution in [0.3, 0.4) is 0 Å². The van der Waals surface area contributed by atoms with Crippen LogP contribution >= 0.6 is 15.9 Å². The van der Waals surface area contributed by atoms with E-state index in [1.165, 1.54) is 24.3 Å². The second-order valence-electron chi connectivity index (χ2n) is 2.16. The molecule has 13 heavy (non-hydrogen) atoms. The normalized spacial score (nSPS) is 11.3. The SMILES string of the molecule is O=[N+]([O-])c1ccc(C(Br)=[O+][O-])cc1. The number of rotatable bonds is 2. The zero-order valence-corrected chi connectivity index (χ0v) is 7.85. The maximum Gasteiger partial charge on any atom is 0.424 e. The second kappa shape index (κ2) is 3.99. The van der Waals surface area contributed by atoms with E-state index < -0.39 is 4.92 Å². The Bertz CT molecular complexity index is 346. The van der Waals surface area contributed by atoms with Crippen LogP contribution in [-0.2, 0) is 0 Å². The molecule has 5 nitrogen and oxygen atoms in total. The van der Waals surface area contributed by atoms with Crippen molar-refractivity contribution in [2.45, 2.75) is 0 Å². The van der Waals surface area contributed by atoms with Gasteiger partial charge in [-0.15, -0.1) is 0 Å². The van der Waals surface area contributed by atoms with Crippen molar-refractivity contribution in [3.05, 3.63) is 39.9 Å². The highest BCUT2D eigenvalue weighted by Gasteiger charge is 2.12. The van der Waals surface area contributed by atoms with Crippen molar-refractivity contribution in [2.24, 2.45) is 0 Å². The monoisotopic (exact) mass is 245 g/mol. The zero-order valence-electron chi connectivity index (χ0n) is 6.27. The Balaban J connectivity index is 3.00. The van der Waals surface area contributed by atoms with Gasteiger partial charge in [-0.1, -0.05) is 0 Å². The molecule has 0 N–H and O–H groups in total. The van der Waals surface area contributed by atoms with E-state index in [0.717, 1.165) is 0 Å². The minimum Gasteiger partial charge on any atom is -0.461 e. The summed E-state index contributed by atoms with van der Waals surface area (Å²) < 4.78 is 3.65. The molecule has 1 rings (SSSR count). The van der Waals surface area contributed by atoms with Gasteiger partial charge in [0.15, 0.2) is 0 Å². The summed E-state index contributed by atoms with van der Waals surface area (Å²) >= 11 is 2.86. The van der Waals surface area contributed by atoms with Gasteiger partial charge in [0.25, 0.3) is 5.69 Å². The fourth-order valence-corrected chi connectivity index (χ4v) is 1.03. The number of non-ortho nitro benzene ring substituents is 1. The maximum atomic E-state index is 10.2. The Hall–Kier alpha value is -1.43. The Morgan fingerprint density at radius 2 is 1.92 bits per heavy atom. The van der Waals surface area contributed by atoms with Gasteiger partial charge < -0.3 is 5.26 Å². The summed E-state index contributed by atoms with van der Waals surface area (Å²) in [5.41, 5.74) is 0.426. The molecule has 0 saturated heterocycles. The van der Waals surface area contributed by atoms with Crippen molar-refractivity contribution in [1.82, 2.24) is 0 Å². The first-order valence-corrected chi connectivity index (χ1v) is 4.01. The predicted molar refractivity (Wildman–Crippen MR) is 46.4 cm³/mol. The molecule has 0 aliphatic heterocycles. The van der Waals surface area contributed by atoms with Crippen LogP contribution in [-0.4, -0.2) is 9.62 Å². The molecule has 0 aromatic heterocycles. The summed E-state index contributed by atoms with van der Waals surface area (Å²) in [5, 5.41) is 20.2. The fraction of sp³-hybridized carbons (Fsp3) is 0. The number of nitro groups is 1. The molecule has 68 valence electrons. The first-order valence-electron chi connectivity index (χ1n) is 3.22. The molecule has 6 heteroatoms. The fourth-order valence-electron chi connectivity index (χ4n) is 0.762. The lowest BCUT2D eigenvalue weighted by Crippen LogP contribution is -1.99. The molecule has 1 aromatic rings. The molecule has 1 aromatic carbocycles. The molecular formula is C7H4BrNO4. The topological polar surface area (TPSA) is 77.5 Å². The molecule has 0 fully saturated rings. The third kappa shape index (κ3) is 2.25. The lowest BCUT2D eigenvalue weighted by atomic mass is 10.2.